The Balaban J connectivity index is 2.10. The van der Waals surface area contributed by atoms with Crippen LogP contribution >= 0.6 is 0 Å². The maximum Gasteiger partial charge on any atom is 0.220 e. The molecule has 442 valence electrons. The van der Waals surface area contributed by atoms with Crippen LogP contribution in [0.15, 0.2) is 0 Å². The molecule has 1 heterocycles. The maximum absolute atomic E-state index is 13.1. The predicted octanol–water partition coefficient (Wildman–Crippen LogP) is 17.4. The fourth-order valence-corrected chi connectivity index (χ4v) is 11.2. The van der Waals surface area contributed by atoms with E-state index in [9.17, 15) is 30.3 Å². The van der Waals surface area contributed by atoms with Crippen LogP contribution in [0.1, 0.15) is 354 Å². The van der Waals surface area contributed by atoms with E-state index in [1.807, 2.05) is 0 Å². The van der Waals surface area contributed by atoms with Gasteiger partial charge in [-0.05, 0) is 12.8 Å². The number of carbonyl (C=O) groups is 1. The largest absolute Gasteiger partial charge is 0.394 e. The zero-order chi connectivity index (χ0) is 53.6. The van der Waals surface area contributed by atoms with Gasteiger partial charge in [-0.25, -0.2) is 0 Å². The van der Waals surface area contributed by atoms with Crippen LogP contribution in [0.25, 0.3) is 0 Å². The average Bonchev–Trinajstić information content (AvgIpc) is 3.40. The third-order valence-corrected chi connectivity index (χ3v) is 16.5. The van der Waals surface area contributed by atoms with E-state index < -0.39 is 49.5 Å². The number of aliphatic hydroxyl groups is 5. The highest BCUT2D eigenvalue weighted by molar-refractivity contribution is 5.76. The lowest BCUT2D eigenvalue weighted by molar-refractivity contribution is -0.302. The second-order valence-electron chi connectivity index (χ2n) is 23.6. The lowest BCUT2D eigenvalue weighted by atomic mass is 9.99. The molecule has 0 aromatic heterocycles. The van der Waals surface area contributed by atoms with E-state index in [4.69, 9.17) is 9.47 Å². The van der Waals surface area contributed by atoms with Crippen molar-refractivity contribution in [2.45, 2.75) is 397 Å². The first-order valence-corrected chi connectivity index (χ1v) is 33.2. The summed E-state index contributed by atoms with van der Waals surface area (Å²) < 4.78 is 11.4. The van der Waals surface area contributed by atoms with Gasteiger partial charge in [0.15, 0.2) is 6.29 Å². The fraction of sp³-hybridized carbons (Fsp3) is 0.985. The first-order valence-electron chi connectivity index (χ1n) is 33.2. The fourth-order valence-electron chi connectivity index (χ4n) is 11.2. The molecule has 0 aliphatic carbocycles. The Morgan fingerprint density at radius 3 is 0.959 bits per heavy atom. The minimum atomic E-state index is -1.55. The molecule has 7 atom stereocenters. The van der Waals surface area contributed by atoms with E-state index in [1.54, 1.807) is 0 Å². The third-order valence-electron chi connectivity index (χ3n) is 16.5. The van der Waals surface area contributed by atoms with Crippen LogP contribution < -0.4 is 5.32 Å². The molecule has 0 aromatic carbocycles. The van der Waals surface area contributed by atoms with Crippen molar-refractivity contribution in [3.63, 3.8) is 0 Å². The molecule has 7 unspecified atom stereocenters. The Bertz CT molecular complexity index is 1130. The van der Waals surface area contributed by atoms with Crippen molar-refractivity contribution in [2.75, 3.05) is 13.2 Å². The van der Waals surface area contributed by atoms with E-state index in [2.05, 4.69) is 19.2 Å². The van der Waals surface area contributed by atoms with Gasteiger partial charge in [-0.2, -0.15) is 0 Å². The van der Waals surface area contributed by atoms with E-state index >= 15 is 0 Å². The van der Waals surface area contributed by atoms with Crippen molar-refractivity contribution in [3.05, 3.63) is 0 Å². The van der Waals surface area contributed by atoms with E-state index in [0.29, 0.717) is 12.8 Å². The third kappa shape index (κ3) is 44.1. The second kappa shape index (κ2) is 55.5. The second-order valence-corrected chi connectivity index (χ2v) is 23.6. The molecule has 1 aliphatic rings. The topological polar surface area (TPSA) is 149 Å². The summed E-state index contributed by atoms with van der Waals surface area (Å²) in [5.74, 6) is -0.134. The van der Waals surface area contributed by atoms with E-state index in [1.165, 1.54) is 289 Å². The zero-order valence-corrected chi connectivity index (χ0v) is 49.4. The van der Waals surface area contributed by atoms with Crippen molar-refractivity contribution < 1.29 is 39.8 Å². The molecular weight excluding hydrogens is 923 g/mol. The van der Waals surface area contributed by atoms with Gasteiger partial charge in [0, 0.05) is 6.42 Å². The first kappa shape index (κ1) is 71.2. The number of rotatable bonds is 59. The molecule has 1 amide bonds. The molecule has 1 fully saturated rings. The van der Waals surface area contributed by atoms with Crippen LogP contribution in [-0.4, -0.2) is 87.5 Å². The Morgan fingerprint density at radius 1 is 0.405 bits per heavy atom. The van der Waals surface area contributed by atoms with Crippen LogP contribution in [0.4, 0.5) is 0 Å². The summed E-state index contributed by atoms with van der Waals surface area (Å²) in [6.07, 6.45) is 61.6. The summed E-state index contributed by atoms with van der Waals surface area (Å²) in [6, 6.07) is -0.714. The number of unbranched alkanes of at least 4 members (excludes halogenated alkanes) is 49. The zero-order valence-electron chi connectivity index (χ0n) is 49.4. The minimum Gasteiger partial charge on any atom is -0.394 e. The van der Waals surface area contributed by atoms with Crippen molar-refractivity contribution in [2.24, 2.45) is 0 Å². The molecule has 0 bridgehead atoms. The summed E-state index contributed by atoms with van der Waals surface area (Å²) in [6.45, 7) is 3.90. The van der Waals surface area contributed by atoms with Crippen LogP contribution in [0, 0.1) is 0 Å². The van der Waals surface area contributed by atoms with Crippen molar-refractivity contribution >= 4 is 5.91 Å². The van der Waals surface area contributed by atoms with Crippen LogP contribution in [0.3, 0.4) is 0 Å². The summed E-state index contributed by atoms with van der Waals surface area (Å²) >= 11 is 0. The first-order chi connectivity index (χ1) is 36.3. The van der Waals surface area contributed by atoms with Gasteiger partial charge in [-0.3, -0.25) is 4.79 Å². The molecule has 6 N–H and O–H groups in total. The van der Waals surface area contributed by atoms with Crippen LogP contribution in [0.2, 0.25) is 0 Å². The normalized spacial score (nSPS) is 18.8. The smallest absolute Gasteiger partial charge is 0.220 e. The highest BCUT2D eigenvalue weighted by atomic mass is 16.7. The Kier molecular flexibility index (Phi) is 53.4. The molecular formula is C65H129NO8. The van der Waals surface area contributed by atoms with Gasteiger partial charge in [0.25, 0.3) is 0 Å². The van der Waals surface area contributed by atoms with Gasteiger partial charge in [0.05, 0.1) is 25.4 Å². The van der Waals surface area contributed by atoms with E-state index in [-0.39, 0.29) is 12.5 Å². The van der Waals surface area contributed by atoms with Crippen molar-refractivity contribution in [3.8, 4) is 0 Å². The molecule has 9 nitrogen and oxygen atoms in total. The monoisotopic (exact) mass is 1050 g/mol. The Labute approximate surface area is 459 Å². The number of hydrogen-bond acceptors (Lipinski definition) is 8. The summed E-state index contributed by atoms with van der Waals surface area (Å²) in [7, 11) is 0. The number of aliphatic hydroxyl groups excluding tert-OH is 5. The molecule has 0 aromatic rings. The number of nitrogens with one attached hydrogen (secondary N) is 1. The van der Waals surface area contributed by atoms with E-state index in [0.717, 1.165) is 38.5 Å². The van der Waals surface area contributed by atoms with Gasteiger partial charge >= 0.3 is 0 Å². The maximum atomic E-state index is 13.1. The summed E-state index contributed by atoms with van der Waals surface area (Å²) in [5, 5.41) is 54.8. The van der Waals surface area contributed by atoms with Crippen molar-refractivity contribution in [1.29, 1.82) is 0 Å². The molecule has 0 spiro atoms. The summed E-state index contributed by atoms with van der Waals surface area (Å²) in [5.41, 5.74) is 0. The predicted molar refractivity (Wildman–Crippen MR) is 314 cm³/mol. The average molecular weight is 1050 g/mol. The molecule has 0 saturated carbocycles. The Hall–Kier alpha value is -0.810. The molecule has 0 radical (unpaired) electrons. The number of ether oxygens (including phenoxy) is 2. The molecule has 74 heavy (non-hydrogen) atoms. The molecule has 1 aliphatic heterocycles. The lowest BCUT2D eigenvalue weighted by Gasteiger charge is -2.40. The number of amides is 1. The molecule has 1 saturated heterocycles. The molecule has 9 heteroatoms. The summed E-state index contributed by atoms with van der Waals surface area (Å²) in [4.78, 5) is 13.1. The van der Waals surface area contributed by atoms with Gasteiger partial charge in [-0.1, -0.05) is 335 Å². The van der Waals surface area contributed by atoms with Gasteiger partial charge in [-0.15, -0.1) is 0 Å². The minimum absolute atomic E-state index is 0.130. The van der Waals surface area contributed by atoms with Crippen LogP contribution in [0.5, 0.6) is 0 Å². The number of hydrogen-bond donors (Lipinski definition) is 6. The lowest BCUT2D eigenvalue weighted by Crippen LogP contribution is -2.60. The highest BCUT2D eigenvalue weighted by Gasteiger charge is 2.44. The van der Waals surface area contributed by atoms with Gasteiger partial charge < -0.3 is 40.3 Å². The number of carbonyl (C=O) groups excluding carboxylic acids is 1. The SMILES string of the molecule is CCCCCCCCCCCCCCCCCCCCCCCCCCCCCCCCC(=O)NC(COC1OC(CO)C(O)C(O)C1O)C(O)CCCCCCCCCCCCCCCCCCCCCCC. The van der Waals surface area contributed by atoms with Crippen molar-refractivity contribution in [1.82, 2.24) is 5.32 Å². The quantitative estimate of drug-likeness (QED) is 0.0330. The highest BCUT2D eigenvalue weighted by Crippen LogP contribution is 2.24. The Morgan fingerprint density at radius 2 is 0.676 bits per heavy atom. The van der Waals surface area contributed by atoms with Gasteiger partial charge in [0.2, 0.25) is 5.91 Å². The standard InChI is InChI=1S/C65H129NO8/c1-3-5-7-9-11-13-15-17-19-21-23-25-26-27-28-29-30-31-32-33-35-37-39-41-43-45-47-49-51-53-55-61(69)66-58(57-73-65-64(72)63(71)62(70)60(56-67)74-65)59(68)54-52-50-48-46-44-42-40-38-36-34-24-22-20-18-16-14-12-10-8-6-4-2/h58-60,62-65,67-68,70-72H,3-57H2,1-2H3,(H,66,69). The van der Waals surface area contributed by atoms with Gasteiger partial charge in [0.1, 0.15) is 24.4 Å². The molecule has 1 rings (SSSR count). The van der Waals surface area contributed by atoms with Crippen LogP contribution in [-0.2, 0) is 14.3 Å².